The van der Waals surface area contributed by atoms with Crippen molar-refractivity contribution in [2.24, 2.45) is 5.92 Å². The average Bonchev–Trinajstić information content (AvgIpc) is 3.19. The molecule has 88 valence electrons. The molecule has 0 aliphatic heterocycles. The number of amides is 1. The van der Waals surface area contributed by atoms with Crippen LogP contribution in [0.2, 0.25) is 0 Å². The standard InChI is InChI=1S/C14H16N2O/c15-10-13(12-7-8-12)16-14(17)9-6-11-4-2-1-3-5-11/h1-5,12-13H,6-9H2,(H,16,17). The third-order valence-corrected chi connectivity index (χ3v) is 3.03. The fourth-order valence-corrected chi connectivity index (χ4v) is 1.83. The van der Waals surface area contributed by atoms with Crippen LogP contribution >= 0.6 is 0 Å². The van der Waals surface area contributed by atoms with E-state index in [-0.39, 0.29) is 11.9 Å². The molecule has 1 aromatic carbocycles. The van der Waals surface area contributed by atoms with Crippen LogP contribution in [-0.4, -0.2) is 11.9 Å². The second-order valence-electron chi connectivity index (χ2n) is 4.50. The maximum atomic E-state index is 11.7. The number of carbonyl (C=O) groups is 1. The number of hydrogen-bond donors (Lipinski definition) is 1. The second kappa shape index (κ2) is 5.49. The van der Waals surface area contributed by atoms with Crippen LogP contribution in [0.15, 0.2) is 30.3 Å². The first-order valence-corrected chi connectivity index (χ1v) is 6.02. The van der Waals surface area contributed by atoms with E-state index in [1.54, 1.807) is 0 Å². The van der Waals surface area contributed by atoms with Gasteiger partial charge >= 0.3 is 0 Å². The van der Waals surface area contributed by atoms with E-state index in [2.05, 4.69) is 11.4 Å². The van der Waals surface area contributed by atoms with Gasteiger partial charge in [-0.25, -0.2) is 0 Å². The van der Waals surface area contributed by atoms with Gasteiger partial charge in [-0.1, -0.05) is 30.3 Å². The Kier molecular flexibility index (Phi) is 3.77. The molecule has 1 saturated carbocycles. The normalized spacial score (nSPS) is 15.9. The first-order valence-electron chi connectivity index (χ1n) is 6.02. The quantitative estimate of drug-likeness (QED) is 0.838. The number of rotatable bonds is 5. The van der Waals surface area contributed by atoms with E-state index in [1.807, 2.05) is 30.3 Å². The van der Waals surface area contributed by atoms with Gasteiger partial charge in [-0.15, -0.1) is 0 Å². The topological polar surface area (TPSA) is 52.9 Å². The largest absolute Gasteiger partial charge is 0.340 e. The van der Waals surface area contributed by atoms with E-state index < -0.39 is 0 Å². The zero-order chi connectivity index (χ0) is 12.1. The Morgan fingerprint density at radius 2 is 2.12 bits per heavy atom. The molecular weight excluding hydrogens is 212 g/mol. The highest BCUT2D eigenvalue weighted by atomic mass is 16.1. The molecule has 3 nitrogen and oxygen atoms in total. The van der Waals surface area contributed by atoms with Crippen LogP contribution in [0.3, 0.4) is 0 Å². The third-order valence-electron chi connectivity index (χ3n) is 3.03. The molecule has 1 aliphatic carbocycles. The van der Waals surface area contributed by atoms with Gasteiger partial charge in [0, 0.05) is 6.42 Å². The van der Waals surface area contributed by atoms with Crippen molar-refractivity contribution in [3.05, 3.63) is 35.9 Å². The molecule has 1 fully saturated rings. The lowest BCUT2D eigenvalue weighted by Gasteiger charge is -2.10. The zero-order valence-corrected chi connectivity index (χ0v) is 9.73. The summed E-state index contributed by atoms with van der Waals surface area (Å²) < 4.78 is 0. The smallest absolute Gasteiger partial charge is 0.221 e. The van der Waals surface area contributed by atoms with Crippen LogP contribution in [0, 0.1) is 17.2 Å². The number of carbonyl (C=O) groups excluding carboxylic acids is 1. The number of nitrogens with zero attached hydrogens (tertiary/aromatic N) is 1. The van der Waals surface area contributed by atoms with E-state index in [1.165, 1.54) is 0 Å². The molecule has 1 aliphatic rings. The highest BCUT2D eigenvalue weighted by molar-refractivity contribution is 5.77. The molecule has 1 N–H and O–H groups in total. The summed E-state index contributed by atoms with van der Waals surface area (Å²) in [6, 6.07) is 11.8. The van der Waals surface area contributed by atoms with Crippen molar-refractivity contribution in [1.82, 2.24) is 5.32 Å². The van der Waals surface area contributed by atoms with Crippen LogP contribution < -0.4 is 5.32 Å². The number of aryl methyl sites for hydroxylation is 1. The average molecular weight is 228 g/mol. The molecule has 3 heteroatoms. The monoisotopic (exact) mass is 228 g/mol. The Hall–Kier alpha value is -1.82. The summed E-state index contributed by atoms with van der Waals surface area (Å²) in [7, 11) is 0. The molecule has 1 atom stereocenters. The van der Waals surface area contributed by atoms with Gasteiger partial charge in [0.2, 0.25) is 5.91 Å². The Morgan fingerprint density at radius 3 is 2.71 bits per heavy atom. The Bertz CT molecular complexity index is 418. The fourth-order valence-electron chi connectivity index (χ4n) is 1.83. The first-order chi connectivity index (χ1) is 8.29. The molecule has 1 aromatic rings. The minimum Gasteiger partial charge on any atom is -0.340 e. The van der Waals surface area contributed by atoms with Crippen molar-refractivity contribution < 1.29 is 4.79 Å². The van der Waals surface area contributed by atoms with E-state index in [4.69, 9.17) is 5.26 Å². The molecule has 0 bridgehead atoms. The maximum Gasteiger partial charge on any atom is 0.221 e. The molecule has 2 rings (SSSR count). The third kappa shape index (κ3) is 3.60. The summed E-state index contributed by atoms with van der Waals surface area (Å²) in [6.07, 6.45) is 3.32. The lowest BCUT2D eigenvalue weighted by atomic mass is 10.1. The molecule has 0 radical (unpaired) electrons. The molecule has 0 aromatic heterocycles. The highest BCUT2D eigenvalue weighted by Crippen LogP contribution is 2.32. The summed E-state index contributed by atoms with van der Waals surface area (Å²) in [5.41, 5.74) is 1.16. The van der Waals surface area contributed by atoms with Crippen molar-refractivity contribution >= 4 is 5.91 Å². The van der Waals surface area contributed by atoms with Gasteiger partial charge in [0.1, 0.15) is 6.04 Å². The van der Waals surface area contributed by atoms with Gasteiger partial charge in [-0.05, 0) is 30.7 Å². The molecule has 0 saturated heterocycles. The predicted octanol–water partition coefficient (Wildman–Crippen LogP) is 2.04. The lowest BCUT2D eigenvalue weighted by Crippen LogP contribution is -2.35. The lowest BCUT2D eigenvalue weighted by molar-refractivity contribution is -0.121. The van der Waals surface area contributed by atoms with E-state index in [0.717, 1.165) is 24.8 Å². The van der Waals surface area contributed by atoms with Crippen molar-refractivity contribution in [3.63, 3.8) is 0 Å². The molecule has 0 spiro atoms. The van der Waals surface area contributed by atoms with Gasteiger partial charge in [0.25, 0.3) is 0 Å². The zero-order valence-electron chi connectivity index (χ0n) is 9.73. The van der Waals surface area contributed by atoms with E-state index >= 15 is 0 Å². The van der Waals surface area contributed by atoms with Gasteiger partial charge in [0.05, 0.1) is 6.07 Å². The molecule has 0 heterocycles. The molecule has 1 unspecified atom stereocenters. The predicted molar refractivity (Wildman–Crippen MR) is 65.0 cm³/mol. The number of nitriles is 1. The molecule has 1 amide bonds. The summed E-state index contributed by atoms with van der Waals surface area (Å²) in [5.74, 6) is 0.368. The second-order valence-corrected chi connectivity index (χ2v) is 4.50. The highest BCUT2D eigenvalue weighted by Gasteiger charge is 2.32. The maximum absolute atomic E-state index is 11.7. The number of nitrogens with one attached hydrogen (secondary N) is 1. The summed E-state index contributed by atoms with van der Waals surface area (Å²) >= 11 is 0. The van der Waals surface area contributed by atoms with Crippen LogP contribution in [-0.2, 0) is 11.2 Å². The Morgan fingerprint density at radius 1 is 1.41 bits per heavy atom. The molecular formula is C14H16N2O. The van der Waals surface area contributed by atoms with Crippen molar-refractivity contribution in [1.29, 1.82) is 5.26 Å². The van der Waals surface area contributed by atoms with Gasteiger partial charge in [0.15, 0.2) is 0 Å². The Balaban J connectivity index is 1.76. The molecule has 17 heavy (non-hydrogen) atoms. The Labute approximate surface area is 101 Å². The van der Waals surface area contributed by atoms with E-state index in [9.17, 15) is 4.79 Å². The fraction of sp³-hybridized carbons (Fsp3) is 0.429. The number of benzene rings is 1. The van der Waals surface area contributed by atoms with Gasteiger partial charge in [-0.3, -0.25) is 4.79 Å². The van der Waals surface area contributed by atoms with Crippen molar-refractivity contribution in [3.8, 4) is 6.07 Å². The van der Waals surface area contributed by atoms with Gasteiger partial charge < -0.3 is 5.32 Å². The first kappa shape index (κ1) is 11.7. The minimum absolute atomic E-state index is 0.0210. The van der Waals surface area contributed by atoms with Crippen LogP contribution in [0.1, 0.15) is 24.8 Å². The number of hydrogen-bond acceptors (Lipinski definition) is 2. The van der Waals surface area contributed by atoms with E-state index in [0.29, 0.717) is 12.3 Å². The van der Waals surface area contributed by atoms with Crippen LogP contribution in [0.4, 0.5) is 0 Å². The van der Waals surface area contributed by atoms with Crippen molar-refractivity contribution in [2.45, 2.75) is 31.7 Å². The SMILES string of the molecule is N#CC(NC(=O)CCc1ccccc1)C1CC1. The van der Waals surface area contributed by atoms with Crippen molar-refractivity contribution in [2.75, 3.05) is 0 Å². The summed E-state index contributed by atoms with van der Waals surface area (Å²) in [6.45, 7) is 0. The summed E-state index contributed by atoms with van der Waals surface area (Å²) in [4.78, 5) is 11.7. The summed E-state index contributed by atoms with van der Waals surface area (Å²) in [5, 5.41) is 11.7. The van der Waals surface area contributed by atoms with Gasteiger partial charge in [-0.2, -0.15) is 5.26 Å². The minimum atomic E-state index is -0.279. The van der Waals surface area contributed by atoms with Crippen LogP contribution in [0.5, 0.6) is 0 Å². The van der Waals surface area contributed by atoms with Crippen LogP contribution in [0.25, 0.3) is 0 Å².